The smallest absolute Gasteiger partial charge is 0.332 e. The van der Waals surface area contributed by atoms with Crippen LogP contribution < -0.4 is 11.2 Å². The molecule has 2 aromatic rings. The molecular weight excluding hydrogens is 364 g/mol. The highest BCUT2D eigenvalue weighted by molar-refractivity contribution is 7.18. The Bertz CT molecular complexity index is 1000. The first-order valence-electron chi connectivity index (χ1n) is 9.45. The summed E-state index contributed by atoms with van der Waals surface area (Å²) in [5.74, 6) is -0.0446. The van der Waals surface area contributed by atoms with Gasteiger partial charge in [-0.25, -0.2) is 14.2 Å². The number of carbonyl (C=O) groups excluding carboxylic acids is 1. The summed E-state index contributed by atoms with van der Waals surface area (Å²) < 4.78 is 6.09. The van der Waals surface area contributed by atoms with Crippen molar-refractivity contribution in [3.8, 4) is 0 Å². The van der Waals surface area contributed by atoms with E-state index >= 15 is 0 Å². The second-order valence-corrected chi connectivity index (χ2v) is 9.97. The molecule has 2 aromatic heterocycles. The maximum Gasteiger partial charge on any atom is 0.332 e. The van der Waals surface area contributed by atoms with Gasteiger partial charge in [0.25, 0.3) is 5.56 Å². The van der Waals surface area contributed by atoms with Crippen molar-refractivity contribution in [3.05, 3.63) is 31.3 Å². The molecule has 0 aromatic carbocycles. The Morgan fingerprint density at radius 1 is 1.26 bits per heavy atom. The molecule has 0 saturated carbocycles. The number of thiophene rings is 1. The molecule has 0 saturated heterocycles. The van der Waals surface area contributed by atoms with E-state index in [4.69, 9.17) is 4.74 Å². The number of aromatic nitrogens is 2. The number of rotatable bonds is 3. The maximum absolute atomic E-state index is 13.3. The molecule has 1 N–H and O–H groups in total. The van der Waals surface area contributed by atoms with Gasteiger partial charge in [-0.1, -0.05) is 20.8 Å². The molecule has 0 spiro atoms. The Kier molecular flexibility index (Phi) is 4.87. The Hall–Kier alpha value is -1.89. The molecule has 0 fully saturated rings. The second kappa shape index (κ2) is 6.62. The minimum atomic E-state index is -1.37. The van der Waals surface area contributed by atoms with Crippen LogP contribution >= 0.6 is 11.3 Å². The van der Waals surface area contributed by atoms with Crippen LogP contribution in [0.5, 0.6) is 0 Å². The fourth-order valence-corrected chi connectivity index (χ4v) is 5.21. The molecule has 0 radical (unpaired) electrons. The van der Waals surface area contributed by atoms with E-state index in [9.17, 15) is 14.4 Å². The van der Waals surface area contributed by atoms with E-state index in [2.05, 4.69) is 25.8 Å². The number of carbonyl (C=O) groups is 1. The quantitative estimate of drug-likeness (QED) is 0.814. The number of nitrogens with one attached hydrogen (secondary N) is 1. The zero-order valence-corrected chi connectivity index (χ0v) is 17.7. The lowest BCUT2D eigenvalue weighted by Crippen LogP contribution is -2.51. The summed E-state index contributed by atoms with van der Waals surface area (Å²) in [7, 11) is 0. The summed E-state index contributed by atoms with van der Waals surface area (Å²) in [5, 5.41) is 0.555. The monoisotopic (exact) mass is 392 g/mol. The number of hydrogen-bond donors (Lipinski definition) is 1. The Morgan fingerprint density at radius 3 is 2.52 bits per heavy atom. The van der Waals surface area contributed by atoms with E-state index < -0.39 is 22.8 Å². The molecule has 1 unspecified atom stereocenters. The molecule has 2 heterocycles. The number of ether oxygens (including phenoxy) is 1. The molecule has 27 heavy (non-hydrogen) atoms. The zero-order chi connectivity index (χ0) is 20.1. The SMILES string of the molecule is CCOC(=O)C(C)(C)n1c(=O)[nH]c2sc3c(c2c1=O)CCC(C(C)(C)C)C3. The van der Waals surface area contributed by atoms with Crippen LogP contribution in [0.3, 0.4) is 0 Å². The molecule has 7 heteroatoms. The van der Waals surface area contributed by atoms with Crippen molar-refractivity contribution in [2.45, 2.75) is 66.3 Å². The number of H-pyrrole nitrogens is 1. The first-order chi connectivity index (χ1) is 12.5. The molecular formula is C20H28N2O4S. The normalized spacial score (nSPS) is 17.8. The van der Waals surface area contributed by atoms with Crippen molar-refractivity contribution in [3.63, 3.8) is 0 Å². The van der Waals surface area contributed by atoms with Crippen molar-refractivity contribution in [1.29, 1.82) is 0 Å². The third-order valence-electron chi connectivity index (χ3n) is 5.66. The van der Waals surface area contributed by atoms with Gasteiger partial charge in [0.1, 0.15) is 10.4 Å². The minimum absolute atomic E-state index is 0.194. The number of aryl methyl sites for hydroxylation is 1. The van der Waals surface area contributed by atoms with E-state index in [1.807, 2.05) is 0 Å². The average molecular weight is 393 g/mol. The molecule has 0 aliphatic heterocycles. The van der Waals surface area contributed by atoms with Crippen LogP contribution in [0, 0.1) is 11.3 Å². The topological polar surface area (TPSA) is 81.2 Å². The lowest BCUT2D eigenvalue weighted by molar-refractivity contribution is -0.152. The first-order valence-corrected chi connectivity index (χ1v) is 10.3. The highest BCUT2D eigenvalue weighted by Crippen LogP contribution is 2.41. The molecule has 0 amide bonds. The van der Waals surface area contributed by atoms with Gasteiger partial charge in [-0.2, -0.15) is 0 Å². The minimum Gasteiger partial charge on any atom is -0.464 e. The second-order valence-electron chi connectivity index (χ2n) is 8.86. The van der Waals surface area contributed by atoms with Crippen LogP contribution in [0.4, 0.5) is 0 Å². The van der Waals surface area contributed by atoms with Gasteiger partial charge in [0.15, 0.2) is 0 Å². The van der Waals surface area contributed by atoms with Crippen LogP contribution in [-0.2, 0) is 27.9 Å². The number of esters is 1. The first kappa shape index (κ1) is 19.9. The third-order valence-corrected chi connectivity index (χ3v) is 6.83. The Morgan fingerprint density at radius 2 is 1.93 bits per heavy atom. The predicted molar refractivity (Wildman–Crippen MR) is 108 cm³/mol. The van der Waals surface area contributed by atoms with Crippen LogP contribution in [0.15, 0.2) is 9.59 Å². The molecule has 1 aliphatic rings. The van der Waals surface area contributed by atoms with Gasteiger partial charge < -0.3 is 4.74 Å². The standard InChI is InChI=1S/C20H28N2O4S/c1-7-26-17(24)20(5,6)22-16(23)14-12-9-8-11(19(2,3)4)10-13(12)27-15(14)21-18(22)25/h11H,7-10H2,1-6H3,(H,21,25). The van der Waals surface area contributed by atoms with E-state index in [0.717, 1.165) is 29.4 Å². The van der Waals surface area contributed by atoms with E-state index in [0.29, 0.717) is 16.1 Å². The summed E-state index contributed by atoms with van der Waals surface area (Å²) in [6.07, 6.45) is 2.75. The lowest BCUT2D eigenvalue weighted by atomic mass is 9.72. The molecule has 1 atom stereocenters. The van der Waals surface area contributed by atoms with Gasteiger partial charge in [-0.05, 0) is 56.9 Å². The predicted octanol–water partition coefficient (Wildman–Crippen LogP) is 3.20. The van der Waals surface area contributed by atoms with Gasteiger partial charge in [0.2, 0.25) is 0 Å². The molecule has 148 valence electrons. The number of hydrogen-bond acceptors (Lipinski definition) is 5. The van der Waals surface area contributed by atoms with Gasteiger partial charge in [0.05, 0.1) is 12.0 Å². The van der Waals surface area contributed by atoms with Crippen molar-refractivity contribution in [2.75, 3.05) is 6.61 Å². The van der Waals surface area contributed by atoms with E-state index in [-0.39, 0.29) is 12.0 Å². The summed E-state index contributed by atoms with van der Waals surface area (Å²) in [4.78, 5) is 42.9. The Labute approximate surface area is 162 Å². The number of fused-ring (bicyclic) bond motifs is 3. The van der Waals surface area contributed by atoms with Crippen molar-refractivity contribution < 1.29 is 9.53 Å². The summed E-state index contributed by atoms with van der Waals surface area (Å²) in [5.41, 5.74) is -1.11. The van der Waals surface area contributed by atoms with Crippen molar-refractivity contribution in [2.24, 2.45) is 11.3 Å². The number of nitrogens with zero attached hydrogens (tertiary/aromatic N) is 1. The van der Waals surface area contributed by atoms with Crippen LogP contribution in [-0.4, -0.2) is 22.1 Å². The van der Waals surface area contributed by atoms with Crippen molar-refractivity contribution >= 4 is 27.5 Å². The fourth-order valence-electron chi connectivity index (χ4n) is 3.90. The van der Waals surface area contributed by atoms with Gasteiger partial charge in [-0.3, -0.25) is 9.78 Å². The van der Waals surface area contributed by atoms with E-state index in [1.54, 1.807) is 20.8 Å². The van der Waals surface area contributed by atoms with Crippen LogP contribution in [0.1, 0.15) is 58.4 Å². The number of aromatic amines is 1. The fraction of sp³-hybridized carbons (Fsp3) is 0.650. The molecule has 0 bridgehead atoms. The summed E-state index contributed by atoms with van der Waals surface area (Å²) in [6, 6.07) is 0. The lowest BCUT2D eigenvalue weighted by Gasteiger charge is -2.33. The van der Waals surface area contributed by atoms with Crippen LogP contribution in [0.25, 0.3) is 10.2 Å². The zero-order valence-electron chi connectivity index (χ0n) is 16.9. The van der Waals surface area contributed by atoms with Crippen LogP contribution in [0.2, 0.25) is 0 Å². The Balaban J connectivity index is 2.18. The van der Waals surface area contributed by atoms with E-state index in [1.165, 1.54) is 16.2 Å². The summed E-state index contributed by atoms with van der Waals surface area (Å²) >= 11 is 1.50. The van der Waals surface area contributed by atoms with Crippen molar-refractivity contribution in [1.82, 2.24) is 9.55 Å². The summed E-state index contributed by atoms with van der Waals surface area (Å²) in [6.45, 7) is 11.7. The molecule has 1 aliphatic carbocycles. The van der Waals surface area contributed by atoms with Gasteiger partial charge in [0, 0.05) is 4.88 Å². The highest BCUT2D eigenvalue weighted by Gasteiger charge is 2.37. The molecule has 3 rings (SSSR count). The highest BCUT2D eigenvalue weighted by atomic mass is 32.1. The van der Waals surface area contributed by atoms with Gasteiger partial charge >= 0.3 is 11.7 Å². The molecule has 6 nitrogen and oxygen atoms in total. The maximum atomic E-state index is 13.3. The van der Waals surface area contributed by atoms with Gasteiger partial charge in [-0.15, -0.1) is 11.3 Å². The largest absolute Gasteiger partial charge is 0.464 e. The average Bonchev–Trinajstić information content (AvgIpc) is 2.91. The third kappa shape index (κ3) is 3.26.